The standard InChI is InChI=1S/C31H24Cl3NO6/c32-21-5-1-19(2-6-21)13-15-35(41-24-11-7-22(33)8-12-24)30(36)20-3-9-23(10-4-20)40-29-18-28-26(17-27(29)34)25(31(37)38)14-16-39-28/h1-12,17-18,25H,13-16H2,(H,37,38). The molecular weight excluding hydrogens is 589 g/mol. The molecule has 10 heteroatoms. The first-order valence-electron chi connectivity index (χ1n) is 12.7. The molecule has 210 valence electrons. The first-order chi connectivity index (χ1) is 19.8. The number of amides is 1. The Balaban J connectivity index is 1.32. The van der Waals surface area contributed by atoms with Gasteiger partial charge in [-0.1, -0.05) is 46.9 Å². The van der Waals surface area contributed by atoms with Crippen molar-refractivity contribution in [2.45, 2.75) is 18.8 Å². The third-order valence-corrected chi connectivity index (χ3v) is 7.30. The molecule has 1 aliphatic heterocycles. The maximum Gasteiger partial charge on any atom is 0.311 e. The molecule has 0 aromatic heterocycles. The zero-order valence-electron chi connectivity index (χ0n) is 21.6. The van der Waals surface area contributed by atoms with Gasteiger partial charge in [0.15, 0.2) is 5.75 Å². The van der Waals surface area contributed by atoms with Gasteiger partial charge in [0.1, 0.15) is 17.2 Å². The van der Waals surface area contributed by atoms with Gasteiger partial charge in [-0.3, -0.25) is 9.59 Å². The molecule has 1 unspecified atom stereocenters. The molecule has 1 heterocycles. The predicted octanol–water partition coefficient (Wildman–Crippen LogP) is 8.07. The number of hydrogen-bond donors (Lipinski definition) is 1. The van der Waals surface area contributed by atoms with Gasteiger partial charge in [0.05, 0.1) is 24.1 Å². The molecular formula is C31H24Cl3NO6. The molecule has 0 radical (unpaired) electrons. The van der Waals surface area contributed by atoms with Crippen LogP contribution >= 0.6 is 34.8 Å². The van der Waals surface area contributed by atoms with Gasteiger partial charge in [-0.2, -0.15) is 5.06 Å². The Labute approximate surface area is 251 Å². The molecule has 0 saturated heterocycles. The van der Waals surface area contributed by atoms with Crippen LogP contribution in [0.3, 0.4) is 0 Å². The van der Waals surface area contributed by atoms with E-state index in [1.54, 1.807) is 72.8 Å². The smallest absolute Gasteiger partial charge is 0.311 e. The Morgan fingerprint density at radius 2 is 1.51 bits per heavy atom. The zero-order valence-corrected chi connectivity index (χ0v) is 23.8. The Morgan fingerprint density at radius 1 is 0.878 bits per heavy atom. The molecule has 0 aliphatic carbocycles. The summed E-state index contributed by atoms with van der Waals surface area (Å²) in [4.78, 5) is 31.0. The normalized spacial score (nSPS) is 14.0. The van der Waals surface area contributed by atoms with Crippen LogP contribution < -0.4 is 14.3 Å². The van der Waals surface area contributed by atoms with Gasteiger partial charge in [-0.25, -0.2) is 0 Å². The molecule has 1 amide bonds. The first-order valence-corrected chi connectivity index (χ1v) is 13.9. The third-order valence-electron chi connectivity index (χ3n) is 6.50. The van der Waals surface area contributed by atoms with E-state index in [2.05, 4.69) is 0 Å². The van der Waals surface area contributed by atoms with Crippen molar-refractivity contribution in [3.63, 3.8) is 0 Å². The molecule has 7 nitrogen and oxygen atoms in total. The van der Waals surface area contributed by atoms with Gasteiger partial charge in [0.25, 0.3) is 5.91 Å². The summed E-state index contributed by atoms with van der Waals surface area (Å²) < 4.78 is 11.6. The summed E-state index contributed by atoms with van der Waals surface area (Å²) in [5, 5.41) is 12.2. The number of rotatable bonds is 9. The van der Waals surface area contributed by atoms with Crippen molar-refractivity contribution in [2.75, 3.05) is 13.2 Å². The summed E-state index contributed by atoms with van der Waals surface area (Å²) >= 11 is 18.4. The summed E-state index contributed by atoms with van der Waals surface area (Å²) in [7, 11) is 0. The van der Waals surface area contributed by atoms with E-state index in [-0.39, 0.29) is 24.1 Å². The number of aliphatic carboxylic acids is 1. The Hall–Kier alpha value is -3.91. The van der Waals surface area contributed by atoms with Crippen LogP contribution in [0, 0.1) is 0 Å². The topological polar surface area (TPSA) is 85.3 Å². The summed E-state index contributed by atoms with van der Waals surface area (Å²) in [6, 6.07) is 23.8. The van der Waals surface area contributed by atoms with Crippen LogP contribution in [0.15, 0.2) is 84.9 Å². The zero-order chi connectivity index (χ0) is 28.9. The van der Waals surface area contributed by atoms with Crippen LogP contribution in [0.1, 0.15) is 33.8 Å². The maximum absolute atomic E-state index is 13.5. The fraction of sp³-hybridized carbons (Fsp3) is 0.161. The van der Waals surface area contributed by atoms with E-state index in [1.807, 2.05) is 12.1 Å². The fourth-order valence-electron chi connectivity index (χ4n) is 4.35. The number of carboxylic acid groups (broad SMARTS) is 1. The highest BCUT2D eigenvalue weighted by Crippen LogP contribution is 2.41. The largest absolute Gasteiger partial charge is 0.493 e. The van der Waals surface area contributed by atoms with Crippen LogP contribution in [0.2, 0.25) is 15.1 Å². The molecule has 41 heavy (non-hydrogen) atoms. The van der Waals surface area contributed by atoms with Crippen LogP contribution in [0.25, 0.3) is 0 Å². The Kier molecular flexibility index (Phi) is 8.88. The lowest BCUT2D eigenvalue weighted by Gasteiger charge is -2.24. The van der Waals surface area contributed by atoms with Gasteiger partial charge in [-0.05, 0) is 85.1 Å². The Morgan fingerprint density at radius 3 is 2.17 bits per heavy atom. The first kappa shape index (κ1) is 28.6. The van der Waals surface area contributed by atoms with E-state index in [9.17, 15) is 14.7 Å². The summed E-state index contributed by atoms with van der Waals surface area (Å²) in [5.74, 6) is -0.333. The van der Waals surface area contributed by atoms with Crippen LogP contribution in [-0.4, -0.2) is 35.2 Å². The number of carboxylic acids is 1. The molecule has 0 bridgehead atoms. The molecule has 1 aliphatic rings. The van der Waals surface area contributed by atoms with E-state index >= 15 is 0 Å². The van der Waals surface area contributed by atoms with Gasteiger partial charge >= 0.3 is 5.97 Å². The van der Waals surface area contributed by atoms with Crippen molar-refractivity contribution in [1.82, 2.24) is 5.06 Å². The molecule has 0 saturated carbocycles. The predicted molar refractivity (Wildman–Crippen MR) is 157 cm³/mol. The van der Waals surface area contributed by atoms with Crippen LogP contribution in [0.5, 0.6) is 23.0 Å². The monoisotopic (exact) mass is 611 g/mol. The second-order valence-corrected chi connectivity index (χ2v) is 10.6. The van der Waals surface area contributed by atoms with Crippen molar-refractivity contribution in [2.24, 2.45) is 0 Å². The number of fused-ring (bicyclic) bond motifs is 1. The van der Waals surface area contributed by atoms with Crippen molar-refractivity contribution >= 4 is 46.7 Å². The molecule has 1 N–H and O–H groups in total. The summed E-state index contributed by atoms with van der Waals surface area (Å²) in [5.41, 5.74) is 1.89. The number of benzene rings is 4. The van der Waals surface area contributed by atoms with Crippen molar-refractivity contribution in [3.05, 3.63) is 117 Å². The number of carbonyl (C=O) groups excluding carboxylic acids is 1. The average molecular weight is 613 g/mol. The number of nitrogens with zero attached hydrogens (tertiary/aromatic N) is 1. The second kappa shape index (κ2) is 12.7. The number of hydrogen-bond acceptors (Lipinski definition) is 5. The fourth-order valence-corrected chi connectivity index (χ4v) is 4.82. The molecule has 0 fully saturated rings. The minimum Gasteiger partial charge on any atom is -0.493 e. The molecule has 0 spiro atoms. The third kappa shape index (κ3) is 7.06. The lowest BCUT2D eigenvalue weighted by molar-refractivity contribution is -0.139. The Bertz CT molecular complexity index is 1540. The lowest BCUT2D eigenvalue weighted by Crippen LogP contribution is -2.36. The number of ether oxygens (including phenoxy) is 2. The van der Waals surface area contributed by atoms with Gasteiger partial charge in [0, 0.05) is 27.2 Å². The molecule has 5 rings (SSSR count). The van der Waals surface area contributed by atoms with E-state index in [0.717, 1.165) is 5.56 Å². The van der Waals surface area contributed by atoms with E-state index in [1.165, 1.54) is 5.06 Å². The van der Waals surface area contributed by atoms with E-state index < -0.39 is 11.9 Å². The van der Waals surface area contributed by atoms with Crippen molar-refractivity contribution in [1.29, 1.82) is 0 Å². The molecule has 1 atom stereocenters. The highest BCUT2D eigenvalue weighted by atomic mass is 35.5. The van der Waals surface area contributed by atoms with Gasteiger partial charge < -0.3 is 19.4 Å². The summed E-state index contributed by atoms with van der Waals surface area (Å²) in [6.45, 7) is 0.567. The number of carbonyl (C=O) groups is 2. The number of hydroxylamine groups is 2. The van der Waals surface area contributed by atoms with Crippen molar-refractivity contribution in [3.8, 4) is 23.0 Å². The van der Waals surface area contributed by atoms with E-state index in [4.69, 9.17) is 49.1 Å². The lowest BCUT2D eigenvalue weighted by atomic mass is 9.93. The molecule has 4 aromatic carbocycles. The maximum atomic E-state index is 13.5. The van der Waals surface area contributed by atoms with Gasteiger partial charge in [0.2, 0.25) is 0 Å². The molecule has 4 aromatic rings. The minimum atomic E-state index is -0.929. The SMILES string of the molecule is O=C(O)C1CCOc2cc(Oc3ccc(C(=O)N(CCc4ccc(Cl)cc4)Oc4ccc(Cl)cc4)cc3)c(Cl)cc21. The quantitative estimate of drug-likeness (QED) is 0.192. The van der Waals surface area contributed by atoms with Crippen LogP contribution in [-0.2, 0) is 11.2 Å². The summed E-state index contributed by atoms with van der Waals surface area (Å²) in [6.07, 6.45) is 0.909. The number of halogens is 3. The van der Waals surface area contributed by atoms with Crippen molar-refractivity contribution < 1.29 is 29.0 Å². The average Bonchev–Trinajstić information content (AvgIpc) is 2.97. The van der Waals surface area contributed by atoms with Crippen LogP contribution in [0.4, 0.5) is 0 Å². The van der Waals surface area contributed by atoms with Gasteiger partial charge in [-0.15, -0.1) is 0 Å². The second-order valence-electron chi connectivity index (χ2n) is 9.30. The highest BCUT2D eigenvalue weighted by Gasteiger charge is 2.29. The van der Waals surface area contributed by atoms with E-state index in [0.29, 0.717) is 57.0 Å². The minimum absolute atomic E-state index is 0.255. The highest BCUT2D eigenvalue weighted by molar-refractivity contribution is 6.32.